The molecule has 0 bridgehead atoms. The minimum absolute atomic E-state index is 0.147. The number of rotatable bonds is 2. The van der Waals surface area contributed by atoms with Crippen molar-refractivity contribution in [2.45, 2.75) is 6.92 Å². The van der Waals surface area contributed by atoms with Crippen LogP contribution >= 0.6 is 22.6 Å². The Kier molecular flexibility index (Phi) is 3.24. The number of Topliss-reactive ketones (excluding diaryl/α,β-unsaturated/α-hetero) is 1. The topological polar surface area (TPSA) is 26.3 Å². The molecule has 13 heavy (non-hydrogen) atoms. The molecule has 0 aliphatic heterocycles. The molecule has 2 nitrogen and oxygen atoms in total. The van der Waals surface area contributed by atoms with Crippen molar-refractivity contribution >= 4 is 28.4 Å². The molecule has 0 fully saturated rings. The molecule has 0 heterocycles. The molecule has 1 rings (SSSR count). The zero-order valence-electron chi connectivity index (χ0n) is 7.23. The van der Waals surface area contributed by atoms with Gasteiger partial charge in [-0.2, -0.15) is 0 Å². The Hall–Kier alpha value is -0.650. The maximum absolute atomic E-state index is 13.1. The molecule has 1 aromatic carbocycles. The molecule has 0 spiro atoms. The molecule has 0 radical (unpaired) electrons. The predicted molar refractivity (Wildman–Crippen MR) is 55.7 cm³/mol. The molecule has 70 valence electrons. The number of carbonyl (C=O) groups excluding carboxylic acids is 1. The van der Waals surface area contributed by atoms with Crippen molar-refractivity contribution in [3.05, 3.63) is 27.1 Å². The van der Waals surface area contributed by atoms with E-state index in [-0.39, 0.29) is 11.5 Å². The van der Waals surface area contributed by atoms with Gasteiger partial charge in [-0.15, -0.1) is 0 Å². The van der Waals surface area contributed by atoms with E-state index in [9.17, 15) is 9.18 Å². The van der Waals surface area contributed by atoms with Crippen LogP contribution in [0.25, 0.3) is 0 Å². The van der Waals surface area contributed by atoms with Gasteiger partial charge in [0, 0.05) is 9.13 Å². The van der Waals surface area contributed by atoms with Gasteiger partial charge in [0.25, 0.3) is 0 Å². The van der Waals surface area contributed by atoms with Crippen molar-refractivity contribution in [2.75, 3.05) is 7.11 Å². The highest BCUT2D eigenvalue weighted by Gasteiger charge is 2.11. The van der Waals surface area contributed by atoms with Gasteiger partial charge in [0.1, 0.15) is 0 Å². The maximum Gasteiger partial charge on any atom is 0.165 e. The minimum Gasteiger partial charge on any atom is -0.494 e. The number of benzene rings is 1. The number of ketones is 1. The number of hydrogen-bond donors (Lipinski definition) is 0. The molecule has 0 unspecified atom stereocenters. The van der Waals surface area contributed by atoms with Crippen LogP contribution in [-0.2, 0) is 0 Å². The summed E-state index contributed by atoms with van der Waals surface area (Å²) >= 11 is 1.97. The lowest BCUT2D eigenvalue weighted by Gasteiger charge is -2.05. The Bertz CT molecular complexity index is 350. The van der Waals surface area contributed by atoms with Crippen LogP contribution in [0.15, 0.2) is 12.1 Å². The van der Waals surface area contributed by atoms with Gasteiger partial charge in [0.05, 0.1) is 7.11 Å². The standard InChI is InChI=1S/C9H8FIO2/c1-5(12)6-3-7(10)9(13-2)4-8(6)11/h3-4H,1-2H3. The fraction of sp³-hybridized carbons (Fsp3) is 0.222. The molecule has 0 amide bonds. The summed E-state index contributed by atoms with van der Waals surface area (Å²) in [4.78, 5) is 11.0. The van der Waals surface area contributed by atoms with Crippen LogP contribution < -0.4 is 4.74 Å². The van der Waals surface area contributed by atoms with Crippen LogP contribution in [-0.4, -0.2) is 12.9 Å². The average molecular weight is 294 g/mol. The molecular weight excluding hydrogens is 286 g/mol. The van der Waals surface area contributed by atoms with E-state index in [4.69, 9.17) is 4.74 Å². The van der Waals surface area contributed by atoms with Crippen molar-refractivity contribution in [1.82, 2.24) is 0 Å². The van der Waals surface area contributed by atoms with Gasteiger partial charge in [-0.3, -0.25) is 4.79 Å². The highest BCUT2D eigenvalue weighted by atomic mass is 127. The molecule has 0 aliphatic carbocycles. The molecule has 1 aromatic rings. The first-order chi connectivity index (χ1) is 6.06. The highest BCUT2D eigenvalue weighted by molar-refractivity contribution is 14.1. The van der Waals surface area contributed by atoms with E-state index >= 15 is 0 Å². The van der Waals surface area contributed by atoms with Gasteiger partial charge in [0.15, 0.2) is 17.3 Å². The van der Waals surface area contributed by atoms with Crippen molar-refractivity contribution in [1.29, 1.82) is 0 Å². The number of carbonyl (C=O) groups is 1. The Morgan fingerprint density at radius 3 is 2.62 bits per heavy atom. The van der Waals surface area contributed by atoms with Crippen LogP contribution in [0, 0.1) is 9.39 Å². The molecule has 0 aromatic heterocycles. The Labute approximate surface area is 89.2 Å². The summed E-state index contributed by atoms with van der Waals surface area (Å²) in [5.74, 6) is -0.492. The minimum atomic E-state index is -0.506. The fourth-order valence-electron chi connectivity index (χ4n) is 0.955. The van der Waals surface area contributed by atoms with Crippen molar-refractivity contribution in [3.8, 4) is 5.75 Å². The first kappa shape index (κ1) is 10.4. The van der Waals surface area contributed by atoms with Crippen molar-refractivity contribution in [3.63, 3.8) is 0 Å². The van der Waals surface area contributed by atoms with Crippen LogP contribution in [0.1, 0.15) is 17.3 Å². The highest BCUT2D eigenvalue weighted by Crippen LogP contribution is 2.23. The van der Waals surface area contributed by atoms with E-state index in [0.29, 0.717) is 9.13 Å². The van der Waals surface area contributed by atoms with E-state index in [0.717, 1.165) is 0 Å². The lowest BCUT2D eigenvalue weighted by molar-refractivity contribution is 0.101. The van der Waals surface area contributed by atoms with Crippen LogP contribution in [0.5, 0.6) is 5.75 Å². The van der Waals surface area contributed by atoms with Gasteiger partial charge >= 0.3 is 0 Å². The Balaban J connectivity index is 3.28. The molecule has 0 atom stereocenters. The molecule has 0 N–H and O–H groups in total. The van der Waals surface area contributed by atoms with E-state index in [1.54, 1.807) is 0 Å². The van der Waals surface area contributed by atoms with E-state index < -0.39 is 5.82 Å². The SMILES string of the molecule is COc1cc(I)c(C(C)=O)cc1F. The molecule has 0 saturated heterocycles. The van der Waals surface area contributed by atoms with Gasteiger partial charge in [0.2, 0.25) is 0 Å². The van der Waals surface area contributed by atoms with Crippen molar-refractivity contribution < 1.29 is 13.9 Å². The third kappa shape index (κ3) is 2.18. The average Bonchev–Trinajstić information content (AvgIpc) is 2.07. The second-order valence-electron chi connectivity index (χ2n) is 2.52. The second kappa shape index (κ2) is 4.04. The lowest BCUT2D eigenvalue weighted by Crippen LogP contribution is -1.99. The fourth-order valence-corrected chi connectivity index (χ4v) is 1.77. The monoisotopic (exact) mass is 294 g/mol. The quantitative estimate of drug-likeness (QED) is 0.619. The molecular formula is C9H8FIO2. The number of methoxy groups -OCH3 is 1. The van der Waals surface area contributed by atoms with Gasteiger partial charge in [-0.25, -0.2) is 4.39 Å². The summed E-state index contributed by atoms with van der Waals surface area (Å²) in [6.45, 7) is 1.41. The van der Waals surface area contributed by atoms with Crippen LogP contribution in [0.4, 0.5) is 4.39 Å². The summed E-state index contributed by atoms with van der Waals surface area (Å²) in [6.07, 6.45) is 0. The normalized spacial score (nSPS) is 9.85. The first-order valence-electron chi connectivity index (χ1n) is 3.60. The summed E-state index contributed by atoms with van der Waals surface area (Å²) in [6, 6.07) is 2.70. The van der Waals surface area contributed by atoms with Crippen LogP contribution in [0.2, 0.25) is 0 Å². The molecule has 0 saturated carbocycles. The lowest BCUT2D eigenvalue weighted by atomic mass is 10.1. The summed E-state index contributed by atoms with van der Waals surface area (Å²) in [5, 5.41) is 0. The van der Waals surface area contributed by atoms with Crippen LogP contribution in [0.3, 0.4) is 0 Å². The third-order valence-electron chi connectivity index (χ3n) is 1.62. The van der Waals surface area contributed by atoms with E-state index in [1.807, 2.05) is 22.6 Å². The zero-order chi connectivity index (χ0) is 10.0. The Morgan fingerprint density at radius 1 is 1.54 bits per heavy atom. The summed E-state index contributed by atoms with van der Waals surface area (Å²) < 4.78 is 18.6. The molecule has 0 aliphatic rings. The third-order valence-corrected chi connectivity index (χ3v) is 2.51. The van der Waals surface area contributed by atoms with E-state index in [2.05, 4.69) is 0 Å². The number of halogens is 2. The molecule has 4 heteroatoms. The van der Waals surface area contributed by atoms with Crippen molar-refractivity contribution in [2.24, 2.45) is 0 Å². The summed E-state index contributed by atoms with van der Waals surface area (Å²) in [7, 11) is 1.39. The van der Waals surface area contributed by atoms with Gasteiger partial charge in [-0.05, 0) is 41.6 Å². The predicted octanol–water partition coefficient (Wildman–Crippen LogP) is 2.64. The van der Waals surface area contributed by atoms with E-state index in [1.165, 1.54) is 26.2 Å². The first-order valence-corrected chi connectivity index (χ1v) is 4.68. The van der Waals surface area contributed by atoms with Gasteiger partial charge in [-0.1, -0.05) is 0 Å². The number of hydrogen-bond acceptors (Lipinski definition) is 2. The zero-order valence-corrected chi connectivity index (χ0v) is 9.38. The number of ether oxygens (including phenoxy) is 1. The largest absolute Gasteiger partial charge is 0.494 e. The summed E-state index contributed by atoms with van der Waals surface area (Å²) in [5.41, 5.74) is 0.388. The van der Waals surface area contributed by atoms with Gasteiger partial charge < -0.3 is 4.74 Å². The maximum atomic E-state index is 13.1. The Morgan fingerprint density at radius 2 is 2.15 bits per heavy atom. The smallest absolute Gasteiger partial charge is 0.165 e. The second-order valence-corrected chi connectivity index (χ2v) is 3.68.